The molecule has 202 valence electrons. The van der Waals surface area contributed by atoms with E-state index in [-0.39, 0.29) is 10.6 Å². The molecule has 0 atom stereocenters. The number of benzene rings is 3. The third-order valence-corrected chi connectivity index (χ3v) is 6.36. The van der Waals surface area contributed by atoms with Crippen LogP contribution < -0.4 is 14.8 Å². The number of nitrogens with zero attached hydrogens (tertiary/aromatic N) is 1. The zero-order chi connectivity index (χ0) is 28.0. The number of nitrogens with one attached hydrogen (secondary N) is 1. The zero-order valence-corrected chi connectivity index (χ0v) is 21.5. The molecule has 1 aliphatic rings. The summed E-state index contributed by atoms with van der Waals surface area (Å²) in [7, 11) is 0. The summed E-state index contributed by atoms with van der Waals surface area (Å²) in [5.41, 5.74) is 0.520. The molecule has 0 aliphatic carbocycles. The molecule has 1 aliphatic heterocycles. The van der Waals surface area contributed by atoms with Crippen molar-refractivity contribution in [2.24, 2.45) is 0 Å². The lowest BCUT2D eigenvalue weighted by molar-refractivity contribution is -0.137. The summed E-state index contributed by atoms with van der Waals surface area (Å²) in [6.07, 6.45) is -3.08. The average Bonchev–Trinajstić information content (AvgIpc) is 3.16. The maximum Gasteiger partial charge on any atom is 0.416 e. The van der Waals surface area contributed by atoms with Gasteiger partial charge in [0.25, 0.3) is 11.1 Å². The van der Waals surface area contributed by atoms with Crippen molar-refractivity contribution in [3.05, 3.63) is 94.4 Å². The Morgan fingerprint density at radius 1 is 0.974 bits per heavy atom. The van der Waals surface area contributed by atoms with Crippen molar-refractivity contribution in [3.8, 4) is 11.5 Å². The van der Waals surface area contributed by atoms with Gasteiger partial charge in [0, 0.05) is 5.69 Å². The van der Waals surface area contributed by atoms with Gasteiger partial charge in [0.15, 0.2) is 11.5 Å². The Morgan fingerprint density at radius 2 is 1.74 bits per heavy atom. The molecule has 3 aromatic carbocycles. The van der Waals surface area contributed by atoms with Crippen molar-refractivity contribution in [2.45, 2.75) is 19.7 Å². The Hall–Kier alpha value is -4.25. The first-order valence-corrected chi connectivity index (χ1v) is 12.6. The van der Waals surface area contributed by atoms with Crippen LogP contribution in [0.25, 0.3) is 6.08 Å². The fourth-order valence-corrected chi connectivity index (χ4v) is 4.48. The normalized spacial score (nSPS) is 14.6. The maximum absolute atomic E-state index is 12.9. The zero-order valence-electron chi connectivity index (χ0n) is 20.7. The molecule has 3 aromatic rings. The lowest BCUT2D eigenvalue weighted by atomic mass is 10.1. The first-order chi connectivity index (χ1) is 18.6. The van der Waals surface area contributed by atoms with Gasteiger partial charge < -0.3 is 14.8 Å². The first-order valence-electron chi connectivity index (χ1n) is 11.8. The van der Waals surface area contributed by atoms with E-state index in [4.69, 9.17) is 9.47 Å². The van der Waals surface area contributed by atoms with Crippen molar-refractivity contribution in [2.75, 3.05) is 18.5 Å². The molecule has 1 fully saturated rings. The smallest absolute Gasteiger partial charge is 0.416 e. The highest BCUT2D eigenvalue weighted by Crippen LogP contribution is 2.35. The van der Waals surface area contributed by atoms with Crippen LogP contribution in [0, 0.1) is 0 Å². The second-order valence-corrected chi connectivity index (χ2v) is 9.30. The van der Waals surface area contributed by atoms with Crippen LogP contribution in [-0.2, 0) is 22.4 Å². The van der Waals surface area contributed by atoms with E-state index in [2.05, 4.69) is 5.32 Å². The second-order valence-electron chi connectivity index (χ2n) is 8.31. The van der Waals surface area contributed by atoms with E-state index >= 15 is 0 Å². The lowest BCUT2D eigenvalue weighted by Gasteiger charge is -2.14. The minimum absolute atomic E-state index is 0.0901. The molecule has 3 amide bonds. The van der Waals surface area contributed by atoms with E-state index in [1.165, 1.54) is 12.1 Å². The van der Waals surface area contributed by atoms with Crippen molar-refractivity contribution in [3.63, 3.8) is 0 Å². The molecule has 11 heteroatoms. The number of ether oxygens (including phenoxy) is 2. The Morgan fingerprint density at radius 3 is 2.46 bits per heavy atom. The number of hydrogen-bond donors (Lipinski definition) is 1. The molecular weight excluding hydrogens is 533 g/mol. The highest BCUT2D eigenvalue weighted by Gasteiger charge is 2.36. The summed E-state index contributed by atoms with van der Waals surface area (Å²) in [6, 6.07) is 18.8. The summed E-state index contributed by atoms with van der Waals surface area (Å²) < 4.78 is 50.3. The van der Waals surface area contributed by atoms with Crippen molar-refractivity contribution < 1.29 is 37.0 Å². The molecule has 0 aromatic heterocycles. The number of alkyl halides is 3. The van der Waals surface area contributed by atoms with Crippen molar-refractivity contribution in [1.82, 2.24) is 4.90 Å². The fraction of sp³-hybridized carbons (Fsp3) is 0.179. The quantitative estimate of drug-likeness (QED) is 0.309. The Kier molecular flexibility index (Phi) is 8.60. The number of thioether (sulfide) groups is 1. The molecule has 0 radical (unpaired) electrons. The SMILES string of the molecule is CCOc1cc(/C=C2\SC(=O)N(CC(=O)Nc3cccc(C(F)(F)F)c3)C2=O)ccc1OCc1ccccc1. The highest BCUT2D eigenvalue weighted by atomic mass is 32.2. The monoisotopic (exact) mass is 556 g/mol. The van der Waals surface area contributed by atoms with Gasteiger partial charge in [0.2, 0.25) is 5.91 Å². The number of imide groups is 1. The molecule has 1 saturated heterocycles. The van der Waals surface area contributed by atoms with Gasteiger partial charge in [-0.3, -0.25) is 19.3 Å². The summed E-state index contributed by atoms with van der Waals surface area (Å²) in [5.74, 6) is -0.526. The predicted molar refractivity (Wildman–Crippen MR) is 141 cm³/mol. The summed E-state index contributed by atoms with van der Waals surface area (Å²) in [6.45, 7) is 1.89. The predicted octanol–water partition coefficient (Wildman–Crippen LogP) is 6.36. The molecular formula is C28H23F3N2O5S. The molecule has 0 bridgehead atoms. The minimum atomic E-state index is -4.58. The van der Waals surface area contributed by atoms with E-state index in [0.717, 1.165) is 28.7 Å². The highest BCUT2D eigenvalue weighted by molar-refractivity contribution is 8.18. The third kappa shape index (κ3) is 7.20. The van der Waals surface area contributed by atoms with Gasteiger partial charge in [-0.2, -0.15) is 13.2 Å². The summed E-state index contributed by atoms with van der Waals surface area (Å²) in [5, 5.41) is 1.63. The number of hydrogen-bond acceptors (Lipinski definition) is 6. The second kappa shape index (κ2) is 12.1. The van der Waals surface area contributed by atoms with Gasteiger partial charge in [0.05, 0.1) is 17.1 Å². The van der Waals surface area contributed by atoms with Crippen LogP contribution in [0.5, 0.6) is 11.5 Å². The molecule has 0 unspecified atom stereocenters. The van der Waals surface area contributed by atoms with Gasteiger partial charge in [-0.15, -0.1) is 0 Å². The number of carbonyl (C=O) groups is 3. The van der Waals surface area contributed by atoms with Gasteiger partial charge >= 0.3 is 6.18 Å². The maximum atomic E-state index is 12.9. The van der Waals surface area contributed by atoms with Crippen LogP contribution in [0.2, 0.25) is 0 Å². The molecule has 39 heavy (non-hydrogen) atoms. The Labute approximate surface area is 226 Å². The van der Waals surface area contributed by atoms with Crippen LogP contribution in [0.1, 0.15) is 23.6 Å². The van der Waals surface area contributed by atoms with E-state index in [9.17, 15) is 27.6 Å². The Balaban J connectivity index is 1.44. The first kappa shape index (κ1) is 27.8. The molecule has 0 saturated carbocycles. The lowest BCUT2D eigenvalue weighted by Crippen LogP contribution is -2.36. The average molecular weight is 557 g/mol. The van der Waals surface area contributed by atoms with Crippen LogP contribution in [0.15, 0.2) is 77.7 Å². The van der Waals surface area contributed by atoms with E-state index in [1.54, 1.807) is 18.2 Å². The molecule has 4 rings (SSSR count). The summed E-state index contributed by atoms with van der Waals surface area (Å²) in [4.78, 5) is 38.6. The topological polar surface area (TPSA) is 84.9 Å². The number of carbonyl (C=O) groups excluding carboxylic acids is 3. The van der Waals surface area contributed by atoms with E-state index in [1.807, 2.05) is 37.3 Å². The van der Waals surface area contributed by atoms with E-state index in [0.29, 0.717) is 42.0 Å². The standard InChI is InChI=1S/C28H23F3N2O5S/c1-2-37-23-13-19(11-12-22(23)38-17-18-7-4-3-5-8-18)14-24-26(35)33(27(36)39-24)16-25(34)32-21-10-6-9-20(15-21)28(29,30)31/h3-15H,2,16-17H2,1H3,(H,32,34)/b24-14-. The van der Waals surface area contributed by atoms with Gasteiger partial charge in [-0.1, -0.05) is 42.5 Å². The number of amides is 3. The minimum Gasteiger partial charge on any atom is -0.490 e. The van der Waals surface area contributed by atoms with E-state index < -0.39 is 35.3 Å². The Bertz CT molecular complexity index is 1410. The van der Waals surface area contributed by atoms with Crippen molar-refractivity contribution >= 4 is 40.6 Å². The third-order valence-electron chi connectivity index (χ3n) is 5.45. The van der Waals surface area contributed by atoms with Gasteiger partial charge in [-0.05, 0) is 66.2 Å². The summed E-state index contributed by atoms with van der Waals surface area (Å²) >= 11 is 0.659. The largest absolute Gasteiger partial charge is 0.490 e. The molecule has 1 N–H and O–H groups in total. The number of halogens is 3. The van der Waals surface area contributed by atoms with Crippen LogP contribution >= 0.6 is 11.8 Å². The molecule has 1 heterocycles. The van der Waals surface area contributed by atoms with Crippen molar-refractivity contribution in [1.29, 1.82) is 0 Å². The number of rotatable bonds is 9. The number of anilines is 1. The van der Waals surface area contributed by atoms with Gasteiger partial charge in [-0.25, -0.2) is 0 Å². The molecule has 0 spiro atoms. The molecule has 7 nitrogen and oxygen atoms in total. The van der Waals surface area contributed by atoms with Crippen LogP contribution in [0.4, 0.5) is 23.7 Å². The van der Waals surface area contributed by atoms with Crippen LogP contribution in [0.3, 0.4) is 0 Å². The fourth-order valence-electron chi connectivity index (χ4n) is 3.64. The van der Waals surface area contributed by atoms with Gasteiger partial charge in [0.1, 0.15) is 13.2 Å². The van der Waals surface area contributed by atoms with Crippen LogP contribution in [-0.4, -0.2) is 35.1 Å².